The number of benzene rings is 3. The molecule has 3 aromatic carbocycles. The van der Waals surface area contributed by atoms with Crippen molar-refractivity contribution in [3.8, 4) is 17.2 Å². The Bertz CT molecular complexity index is 1110. The molecule has 0 saturated carbocycles. The summed E-state index contributed by atoms with van der Waals surface area (Å²) in [4.78, 5) is 26.3. The van der Waals surface area contributed by atoms with Crippen LogP contribution in [0, 0.1) is 0 Å². The lowest BCUT2D eigenvalue weighted by Crippen LogP contribution is -2.39. The van der Waals surface area contributed by atoms with E-state index in [-0.39, 0.29) is 24.9 Å². The van der Waals surface area contributed by atoms with Gasteiger partial charge < -0.3 is 19.1 Å². The number of carbonyl (C=O) groups excluding carboxylic acids is 2. The minimum Gasteiger partial charge on any atom is -0.489 e. The summed E-state index contributed by atoms with van der Waals surface area (Å²) in [5.74, 6) is 1.47. The minimum absolute atomic E-state index is 0.0255. The summed E-state index contributed by atoms with van der Waals surface area (Å²) in [5.41, 5.74) is 2.09. The van der Waals surface area contributed by atoms with E-state index in [1.165, 1.54) is 0 Å². The first-order chi connectivity index (χ1) is 15.6. The molecule has 1 aliphatic rings. The molecule has 1 aliphatic heterocycles. The Hall–Kier alpha value is -4.06. The number of Topliss-reactive ketones (excluding diaryl/α,β-unsaturated/α-hetero) is 1. The molecule has 1 heterocycles. The van der Waals surface area contributed by atoms with Gasteiger partial charge in [0.1, 0.15) is 23.9 Å². The van der Waals surface area contributed by atoms with Gasteiger partial charge in [0, 0.05) is 12.1 Å². The molecule has 32 heavy (non-hydrogen) atoms. The van der Waals surface area contributed by atoms with E-state index < -0.39 is 0 Å². The van der Waals surface area contributed by atoms with E-state index in [0.717, 1.165) is 5.56 Å². The molecule has 162 valence electrons. The van der Waals surface area contributed by atoms with Gasteiger partial charge in [-0.2, -0.15) is 0 Å². The normalized spacial score (nSPS) is 12.5. The Balaban J connectivity index is 1.35. The first-order valence-electron chi connectivity index (χ1n) is 10.2. The van der Waals surface area contributed by atoms with Crippen molar-refractivity contribution >= 4 is 17.4 Å². The van der Waals surface area contributed by atoms with Crippen molar-refractivity contribution in [2.75, 3.05) is 24.7 Å². The summed E-state index contributed by atoms with van der Waals surface area (Å²) in [6.07, 6.45) is 1.64. The fourth-order valence-electron chi connectivity index (χ4n) is 3.31. The summed E-state index contributed by atoms with van der Waals surface area (Å²) >= 11 is 0. The zero-order chi connectivity index (χ0) is 22.3. The van der Waals surface area contributed by atoms with Crippen molar-refractivity contribution in [1.29, 1.82) is 0 Å². The fraction of sp³-hybridized carbons (Fsp3) is 0.154. The van der Waals surface area contributed by atoms with Crippen LogP contribution in [0.5, 0.6) is 17.2 Å². The first kappa shape index (κ1) is 21.2. The van der Waals surface area contributed by atoms with E-state index >= 15 is 0 Å². The molecule has 4 rings (SSSR count). The van der Waals surface area contributed by atoms with Gasteiger partial charge in [0.2, 0.25) is 0 Å². The second kappa shape index (κ2) is 9.83. The number of amides is 1. The van der Waals surface area contributed by atoms with Gasteiger partial charge in [0.15, 0.2) is 19.0 Å². The summed E-state index contributed by atoms with van der Waals surface area (Å²) in [5, 5.41) is 0. The fourth-order valence-corrected chi connectivity index (χ4v) is 3.31. The number of carbonyl (C=O) groups is 2. The monoisotopic (exact) mass is 429 g/mol. The van der Waals surface area contributed by atoms with Gasteiger partial charge in [-0.05, 0) is 48.0 Å². The first-order valence-corrected chi connectivity index (χ1v) is 10.2. The van der Waals surface area contributed by atoms with E-state index in [1.54, 1.807) is 53.4 Å². The molecule has 0 radical (unpaired) electrons. The van der Waals surface area contributed by atoms with E-state index in [4.69, 9.17) is 14.2 Å². The molecule has 0 saturated heterocycles. The van der Waals surface area contributed by atoms with E-state index in [9.17, 15) is 9.59 Å². The highest BCUT2D eigenvalue weighted by atomic mass is 16.5. The van der Waals surface area contributed by atoms with Crippen LogP contribution in [0.1, 0.15) is 15.9 Å². The van der Waals surface area contributed by atoms with Crippen molar-refractivity contribution in [2.45, 2.75) is 6.61 Å². The molecule has 0 aliphatic carbocycles. The zero-order valence-electron chi connectivity index (χ0n) is 17.5. The molecule has 3 aromatic rings. The second-order valence-corrected chi connectivity index (χ2v) is 7.22. The molecule has 0 bridgehead atoms. The molecule has 0 spiro atoms. The van der Waals surface area contributed by atoms with Gasteiger partial charge in [-0.1, -0.05) is 36.4 Å². The van der Waals surface area contributed by atoms with Crippen molar-refractivity contribution in [2.24, 2.45) is 0 Å². The molecule has 0 atom stereocenters. The van der Waals surface area contributed by atoms with E-state index in [1.807, 2.05) is 30.3 Å². The lowest BCUT2D eigenvalue weighted by atomic mass is 10.1. The van der Waals surface area contributed by atoms with Crippen molar-refractivity contribution in [3.05, 3.63) is 96.6 Å². The van der Waals surface area contributed by atoms with Crippen LogP contribution in [0.25, 0.3) is 0 Å². The van der Waals surface area contributed by atoms with E-state index in [0.29, 0.717) is 41.7 Å². The number of nitrogens with zero attached hydrogens (tertiary/aromatic N) is 1. The van der Waals surface area contributed by atoms with Crippen molar-refractivity contribution < 1.29 is 23.8 Å². The van der Waals surface area contributed by atoms with Crippen LogP contribution in [0.3, 0.4) is 0 Å². The smallest absolute Gasteiger partial charge is 0.265 e. The Morgan fingerprint density at radius 2 is 1.72 bits per heavy atom. The van der Waals surface area contributed by atoms with Crippen LogP contribution in [0.2, 0.25) is 0 Å². The van der Waals surface area contributed by atoms with Crippen molar-refractivity contribution in [3.63, 3.8) is 0 Å². The van der Waals surface area contributed by atoms with Gasteiger partial charge in [0.05, 0.1) is 5.69 Å². The van der Waals surface area contributed by atoms with Gasteiger partial charge >= 0.3 is 0 Å². The predicted molar refractivity (Wildman–Crippen MR) is 122 cm³/mol. The number of ketones is 1. The number of hydrogen-bond donors (Lipinski definition) is 0. The number of rotatable bonds is 9. The van der Waals surface area contributed by atoms with E-state index in [2.05, 4.69) is 6.58 Å². The lowest BCUT2D eigenvalue weighted by Gasteiger charge is -2.28. The quantitative estimate of drug-likeness (QED) is 0.372. The number of hydrogen-bond acceptors (Lipinski definition) is 5. The molecule has 0 unspecified atom stereocenters. The summed E-state index contributed by atoms with van der Waals surface area (Å²) in [7, 11) is 0. The highest BCUT2D eigenvalue weighted by Crippen LogP contribution is 2.33. The summed E-state index contributed by atoms with van der Waals surface area (Å²) in [6.45, 7) is 4.36. The standard InChI is InChI=1S/C26H23NO5/c1-2-14-27-23-15-20(8-13-25(23)32-18-26(27)29)24(28)17-31-22-11-9-21(10-12-22)30-16-19-6-4-3-5-7-19/h2-13,15H,1,14,16-18H2. The third-order valence-corrected chi connectivity index (χ3v) is 4.98. The maximum absolute atomic E-state index is 12.7. The van der Waals surface area contributed by atoms with Gasteiger partial charge in [-0.15, -0.1) is 6.58 Å². The van der Waals surface area contributed by atoms with Gasteiger partial charge in [-0.3, -0.25) is 9.59 Å². The van der Waals surface area contributed by atoms with Crippen LogP contribution in [-0.2, 0) is 11.4 Å². The minimum atomic E-state index is -0.200. The average Bonchev–Trinajstić information content (AvgIpc) is 2.84. The molecule has 6 nitrogen and oxygen atoms in total. The molecule has 6 heteroatoms. The summed E-state index contributed by atoms with van der Waals surface area (Å²) in [6, 6.07) is 22.1. The average molecular weight is 429 g/mol. The molecular weight excluding hydrogens is 406 g/mol. The number of fused-ring (bicyclic) bond motifs is 1. The highest BCUT2D eigenvalue weighted by molar-refractivity contribution is 6.02. The van der Waals surface area contributed by atoms with Crippen LogP contribution in [0.4, 0.5) is 5.69 Å². The third-order valence-electron chi connectivity index (χ3n) is 4.98. The molecule has 1 amide bonds. The van der Waals surface area contributed by atoms with Gasteiger partial charge in [0.25, 0.3) is 5.91 Å². The molecule has 0 aromatic heterocycles. The van der Waals surface area contributed by atoms with Crippen LogP contribution < -0.4 is 19.1 Å². The zero-order valence-corrected chi connectivity index (χ0v) is 17.5. The lowest BCUT2D eigenvalue weighted by molar-refractivity contribution is -0.121. The topological polar surface area (TPSA) is 65.1 Å². The van der Waals surface area contributed by atoms with Crippen LogP contribution in [-0.4, -0.2) is 31.4 Å². The SMILES string of the molecule is C=CCN1C(=O)COc2ccc(C(=O)COc3ccc(OCc4ccccc4)cc3)cc21. The Morgan fingerprint density at radius 3 is 2.44 bits per heavy atom. The highest BCUT2D eigenvalue weighted by Gasteiger charge is 2.25. The van der Waals surface area contributed by atoms with Crippen molar-refractivity contribution in [1.82, 2.24) is 0 Å². The van der Waals surface area contributed by atoms with Gasteiger partial charge in [-0.25, -0.2) is 0 Å². The Morgan fingerprint density at radius 1 is 1.00 bits per heavy atom. The third kappa shape index (κ3) is 4.98. The molecule has 0 fully saturated rings. The Labute approximate surface area is 186 Å². The van der Waals surface area contributed by atoms with Crippen LogP contribution >= 0.6 is 0 Å². The Kier molecular flexibility index (Phi) is 6.51. The summed E-state index contributed by atoms with van der Waals surface area (Å²) < 4.78 is 16.9. The second-order valence-electron chi connectivity index (χ2n) is 7.22. The maximum Gasteiger partial charge on any atom is 0.265 e. The predicted octanol–water partition coefficient (Wildman–Crippen LogP) is 4.44. The number of anilines is 1. The molecule has 0 N–H and O–H groups in total. The molecular formula is C26H23NO5. The maximum atomic E-state index is 12.7. The van der Waals surface area contributed by atoms with Crippen LogP contribution in [0.15, 0.2) is 85.5 Å². The largest absolute Gasteiger partial charge is 0.489 e. The number of ether oxygens (including phenoxy) is 3.